The third-order valence-electron chi connectivity index (χ3n) is 13.6. The summed E-state index contributed by atoms with van der Waals surface area (Å²) < 4.78 is 103. The number of piperazine rings is 1. The molecule has 1 amide bonds. The molecule has 1 aliphatic carbocycles. The number of benzene rings is 4. The van der Waals surface area contributed by atoms with E-state index in [4.69, 9.17) is 16.3 Å². The standard InChI is InChI=1S/C49H58ClF3N6O6S3/c50-39-10-6-36(7-11-39)44-16-18-48(19-21-54-22-20-48)33-38(44)34-58-24-26-59(27-25-58)41-12-8-37(9-13-41)47(60)56-68(63,64)43-14-15-45(46(32-43)67(61,62)49(51,52)53)55-40(17-23-57-28-30-65-31-29-57)35-66-42-4-2-1-3-5-42/h1-15,32,40,54-55H,16-31,33-35H2,(H,56,60)/t40-/m1/s1. The first-order valence-corrected chi connectivity index (χ1v) is 27.4. The Bertz CT molecular complexity index is 2620. The van der Waals surface area contributed by atoms with Crippen LogP contribution in [0.15, 0.2) is 117 Å². The van der Waals surface area contributed by atoms with Crippen LogP contribution >= 0.6 is 23.4 Å². The number of sulfonamides is 1. The molecule has 4 aromatic carbocycles. The van der Waals surface area contributed by atoms with Gasteiger partial charge in [0.05, 0.1) is 23.8 Å². The fourth-order valence-corrected chi connectivity index (χ4v) is 12.8. The average Bonchev–Trinajstić information content (AvgIpc) is 3.33. The number of nitrogens with one attached hydrogen (secondary N) is 3. The zero-order chi connectivity index (χ0) is 47.9. The first-order valence-electron chi connectivity index (χ1n) is 23.1. The Hall–Kier alpha value is -4.14. The van der Waals surface area contributed by atoms with E-state index in [1.807, 2.05) is 47.2 Å². The number of alkyl halides is 3. The molecule has 19 heteroatoms. The maximum absolute atomic E-state index is 14.2. The van der Waals surface area contributed by atoms with Crippen LogP contribution in [0, 0.1) is 5.41 Å². The molecule has 3 N–H and O–H groups in total. The SMILES string of the molecule is O=C(NS(=O)(=O)c1ccc(N[C@H](CCN2CCOCC2)CSc2ccccc2)c(S(=O)(=O)C(F)(F)F)c1)c1ccc(N2CCN(CC3=C(c4ccc(Cl)cc4)CCC4(CCNCC4)C3)CC2)cc1. The number of carbonyl (C=O) groups is 1. The fourth-order valence-electron chi connectivity index (χ4n) is 9.68. The number of ether oxygens (including phenoxy) is 1. The minimum atomic E-state index is -6.06. The van der Waals surface area contributed by atoms with Crippen molar-refractivity contribution in [2.24, 2.45) is 5.41 Å². The average molecular weight is 1020 g/mol. The summed E-state index contributed by atoms with van der Waals surface area (Å²) in [6.07, 6.45) is 6.14. The molecule has 4 aromatic rings. The number of amides is 1. The molecule has 0 bridgehead atoms. The van der Waals surface area contributed by atoms with Crippen molar-refractivity contribution in [1.82, 2.24) is 19.8 Å². The third-order valence-corrected chi connectivity index (χ3v) is 17.9. The maximum Gasteiger partial charge on any atom is 0.501 e. The monoisotopic (exact) mass is 1010 g/mol. The van der Waals surface area contributed by atoms with Crippen molar-refractivity contribution >= 4 is 66.1 Å². The second-order valence-corrected chi connectivity index (χ2v) is 23.2. The van der Waals surface area contributed by atoms with E-state index in [-0.39, 0.29) is 5.56 Å². The summed E-state index contributed by atoms with van der Waals surface area (Å²) in [4.78, 5) is 19.1. The zero-order valence-corrected chi connectivity index (χ0v) is 41.0. The molecule has 0 saturated carbocycles. The highest BCUT2D eigenvalue weighted by Crippen LogP contribution is 2.48. The van der Waals surface area contributed by atoms with Gasteiger partial charge < -0.3 is 20.3 Å². The summed E-state index contributed by atoms with van der Waals surface area (Å²) in [6, 6.07) is 26.0. The highest BCUT2D eigenvalue weighted by atomic mass is 35.5. The molecule has 0 unspecified atom stereocenters. The molecule has 1 spiro atoms. The number of carbonyl (C=O) groups excluding carboxylic acids is 1. The van der Waals surface area contributed by atoms with Crippen molar-refractivity contribution in [2.75, 3.05) is 94.6 Å². The summed E-state index contributed by atoms with van der Waals surface area (Å²) in [5.41, 5.74) is -0.781. The van der Waals surface area contributed by atoms with Gasteiger partial charge in [-0.05, 0) is 135 Å². The summed E-state index contributed by atoms with van der Waals surface area (Å²) >= 11 is 7.70. The number of sulfone groups is 1. The zero-order valence-electron chi connectivity index (χ0n) is 37.8. The molecule has 8 rings (SSSR count). The molecule has 3 saturated heterocycles. The topological polar surface area (TPSA) is 140 Å². The van der Waals surface area contributed by atoms with Gasteiger partial charge in [0.25, 0.3) is 25.8 Å². The number of thioether (sulfide) groups is 1. The Balaban J connectivity index is 0.926. The lowest BCUT2D eigenvalue weighted by Crippen LogP contribution is -2.47. The lowest BCUT2D eigenvalue weighted by molar-refractivity contribution is -0.0435. The van der Waals surface area contributed by atoms with Crippen LogP contribution in [-0.2, 0) is 24.6 Å². The van der Waals surface area contributed by atoms with E-state index in [1.165, 1.54) is 59.9 Å². The van der Waals surface area contributed by atoms with Crippen molar-refractivity contribution in [3.8, 4) is 0 Å². The molecule has 3 aliphatic heterocycles. The van der Waals surface area contributed by atoms with Crippen molar-refractivity contribution in [3.05, 3.63) is 119 Å². The maximum atomic E-state index is 14.2. The number of hydrogen-bond acceptors (Lipinski definition) is 12. The van der Waals surface area contributed by atoms with Gasteiger partial charge in [-0.25, -0.2) is 21.6 Å². The highest BCUT2D eigenvalue weighted by Gasteiger charge is 2.48. The number of morpholine rings is 1. The Morgan fingerprint density at radius 1 is 0.838 bits per heavy atom. The first kappa shape index (κ1) is 50.3. The van der Waals surface area contributed by atoms with Gasteiger partial charge in [0.15, 0.2) is 0 Å². The Morgan fingerprint density at radius 2 is 1.53 bits per heavy atom. The molecule has 0 radical (unpaired) electrons. The molecular formula is C49H58ClF3N6O6S3. The predicted molar refractivity (Wildman–Crippen MR) is 263 cm³/mol. The minimum Gasteiger partial charge on any atom is -0.380 e. The Kier molecular flexibility index (Phi) is 16.2. The molecule has 366 valence electrons. The predicted octanol–water partition coefficient (Wildman–Crippen LogP) is 8.18. The smallest absolute Gasteiger partial charge is 0.380 e. The quantitative estimate of drug-likeness (QED) is 0.0934. The summed E-state index contributed by atoms with van der Waals surface area (Å²) in [5, 5.41) is 7.25. The fraction of sp³-hybridized carbons (Fsp3) is 0.449. The van der Waals surface area contributed by atoms with Crippen molar-refractivity contribution in [1.29, 1.82) is 0 Å². The van der Waals surface area contributed by atoms with Gasteiger partial charge in [0.2, 0.25) is 0 Å². The molecule has 3 heterocycles. The van der Waals surface area contributed by atoms with Gasteiger partial charge >= 0.3 is 5.51 Å². The van der Waals surface area contributed by atoms with E-state index in [0.29, 0.717) is 56.5 Å². The molecular weight excluding hydrogens is 957 g/mol. The second kappa shape index (κ2) is 21.9. The van der Waals surface area contributed by atoms with Gasteiger partial charge in [-0.1, -0.05) is 47.5 Å². The largest absolute Gasteiger partial charge is 0.501 e. The van der Waals surface area contributed by atoms with E-state index < -0.39 is 52.8 Å². The molecule has 12 nitrogen and oxygen atoms in total. The number of rotatable bonds is 16. The Morgan fingerprint density at radius 3 is 2.21 bits per heavy atom. The number of allylic oxidation sites excluding steroid dienone is 1. The van der Waals surface area contributed by atoms with Crippen LogP contribution in [0.4, 0.5) is 24.5 Å². The number of piperidine rings is 1. The lowest BCUT2D eigenvalue weighted by Gasteiger charge is -2.44. The lowest BCUT2D eigenvalue weighted by atomic mass is 9.65. The molecule has 0 aromatic heterocycles. The van der Waals surface area contributed by atoms with Crippen LogP contribution < -0.4 is 20.3 Å². The van der Waals surface area contributed by atoms with Crippen LogP contribution in [0.25, 0.3) is 5.57 Å². The molecule has 3 fully saturated rings. The minimum absolute atomic E-state index is 0.00205. The van der Waals surface area contributed by atoms with Gasteiger partial charge in [-0.15, -0.1) is 11.8 Å². The second-order valence-electron chi connectivity index (χ2n) is 18.1. The van der Waals surface area contributed by atoms with Gasteiger partial charge in [0.1, 0.15) is 4.90 Å². The van der Waals surface area contributed by atoms with Gasteiger partial charge in [-0.2, -0.15) is 13.2 Å². The van der Waals surface area contributed by atoms with Gasteiger partial charge in [0, 0.05) is 85.3 Å². The summed E-state index contributed by atoms with van der Waals surface area (Å²) in [6.45, 7) is 9.16. The number of nitrogens with zero attached hydrogens (tertiary/aromatic N) is 3. The summed E-state index contributed by atoms with van der Waals surface area (Å²) in [7, 11) is -10.9. The Labute approximate surface area is 407 Å². The van der Waals surface area contributed by atoms with Crippen LogP contribution in [0.2, 0.25) is 5.02 Å². The molecule has 68 heavy (non-hydrogen) atoms. The number of halogens is 4. The molecule has 4 aliphatic rings. The van der Waals surface area contributed by atoms with Gasteiger partial charge in [-0.3, -0.25) is 14.6 Å². The van der Waals surface area contributed by atoms with Crippen molar-refractivity contribution < 1.29 is 39.5 Å². The van der Waals surface area contributed by atoms with Crippen molar-refractivity contribution in [2.45, 2.75) is 64.8 Å². The highest BCUT2D eigenvalue weighted by molar-refractivity contribution is 7.99. The molecule has 1 atom stereocenters. The van der Waals surface area contributed by atoms with E-state index in [9.17, 15) is 34.8 Å². The van der Waals surface area contributed by atoms with Crippen LogP contribution in [0.3, 0.4) is 0 Å². The van der Waals surface area contributed by atoms with E-state index in [1.54, 1.807) is 12.1 Å². The third kappa shape index (κ3) is 12.4. The van der Waals surface area contributed by atoms with Crippen molar-refractivity contribution in [3.63, 3.8) is 0 Å². The normalized spacial score (nSPS) is 19.2. The first-order chi connectivity index (χ1) is 32.6. The van der Waals surface area contributed by atoms with E-state index >= 15 is 0 Å². The summed E-state index contributed by atoms with van der Waals surface area (Å²) in [5.74, 6) is -0.650. The van der Waals surface area contributed by atoms with E-state index in [0.717, 1.165) is 86.4 Å². The van der Waals surface area contributed by atoms with E-state index in [2.05, 4.69) is 37.5 Å². The van der Waals surface area contributed by atoms with Crippen LogP contribution in [0.1, 0.15) is 54.4 Å². The van der Waals surface area contributed by atoms with Crippen LogP contribution in [-0.4, -0.2) is 129 Å². The van der Waals surface area contributed by atoms with Crippen LogP contribution in [0.5, 0.6) is 0 Å². The number of anilines is 2. The number of hydrogen-bond donors (Lipinski definition) is 3.